The standard InChI is InChI=1S/C23H22FN3O3/c1-16(15-29-2)30-20-12-17(7-8-18-5-3-4-6-21(18)24)11-19(13-20)23(28)27-22-14-25-9-10-26-22/h3-14,16H,15H2,1-2H3,(H,26,27,28)/b8-7+/t16-/m0/s1. The Morgan fingerprint density at radius 2 is 2.03 bits per heavy atom. The van der Waals surface area contributed by atoms with Gasteiger partial charge >= 0.3 is 0 Å². The number of rotatable bonds is 8. The zero-order valence-electron chi connectivity index (χ0n) is 16.7. The summed E-state index contributed by atoms with van der Waals surface area (Å²) >= 11 is 0. The number of methoxy groups -OCH3 is 1. The number of ether oxygens (including phenoxy) is 2. The Morgan fingerprint density at radius 1 is 1.20 bits per heavy atom. The monoisotopic (exact) mass is 407 g/mol. The smallest absolute Gasteiger partial charge is 0.257 e. The van der Waals surface area contributed by atoms with E-state index in [1.165, 1.54) is 24.7 Å². The maximum atomic E-state index is 13.9. The molecule has 1 N–H and O–H groups in total. The molecule has 1 atom stereocenters. The summed E-state index contributed by atoms with van der Waals surface area (Å²) in [5.41, 5.74) is 1.50. The molecule has 0 spiro atoms. The second-order valence-corrected chi connectivity index (χ2v) is 6.57. The number of carbonyl (C=O) groups excluding carboxylic acids is 1. The molecule has 1 amide bonds. The molecule has 1 aromatic heterocycles. The van der Waals surface area contributed by atoms with Crippen molar-refractivity contribution in [3.63, 3.8) is 0 Å². The highest BCUT2D eigenvalue weighted by Crippen LogP contribution is 2.22. The lowest BCUT2D eigenvalue weighted by Gasteiger charge is -2.15. The van der Waals surface area contributed by atoms with Crippen molar-refractivity contribution < 1.29 is 18.7 Å². The van der Waals surface area contributed by atoms with Crippen LogP contribution in [-0.2, 0) is 4.74 Å². The highest BCUT2D eigenvalue weighted by molar-refractivity contribution is 6.04. The lowest BCUT2D eigenvalue weighted by atomic mass is 10.1. The van der Waals surface area contributed by atoms with Gasteiger partial charge in [0.15, 0.2) is 5.82 Å². The zero-order chi connectivity index (χ0) is 21.3. The van der Waals surface area contributed by atoms with Gasteiger partial charge < -0.3 is 14.8 Å². The van der Waals surface area contributed by atoms with Crippen LogP contribution >= 0.6 is 0 Å². The fourth-order valence-electron chi connectivity index (χ4n) is 2.77. The van der Waals surface area contributed by atoms with Gasteiger partial charge in [0.1, 0.15) is 17.7 Å². The number of anilines is 1. The van der Waals surface area contributed by atoms with Gasteiger partial charge in [0.05, 0.1) is 12.8 Å². The van der Waals surface area contributed by atoms with Gasteiger partial charge in [-0.3, -0.25) is 9.78 Å². The molecule has 6 nitrogen and oxygen atoms in total. The van der Waals surface area contributed by atoms with E-state index in [0.29, 0.717) is 34.9 Å². The minimum Gasteiger partial charge on any atom is -0.488 e. The summed E-state index contributed by atoms with van der Waals surface area (Å²) in [6.45, 7) is 2.26. The summed E-state index contributed by atoms with van der Waals surface area (Å²) in [5, 5.41) is 2.70. The van der Waals surface area contributed by atoms with E-state index in [1.54, 1.807) is 55.7 Å². The molecular formula is C23H22FN3O3. The molecule has 0 aliphatic carbocycles. The third-order valence-electron chi connectivity index (χ3n) is 4.10. The fraction of sp³-hybridized carbons (Fsp3) is 0.174. The Kier molecular flexibility index (Phi) is 7.24. The van der Waals surface area contributed by atoms with Crippen LogP contribution < -0.4 is 10.1 Å². The van der Waals surface area contributed by atoms with Crippen LogP contribution in [0.25, 0.3) is 12.2 Å². The number of hydrogen-bond donors (Lipinski definition) is 1. The van der Waals surface area contributed by atoms with Crippen LogP contribution in [0.2, 0.25) is 0 Å². The van der Waals surface area contributed by atoms with Gasteiger partial charge in [-0.05, 0) is 36.8 Å². The minimum atomic E-state index is -0.360. The number of hydrogen-bond acceptors (Lipinski definition) is 5. The van der Waals surface area contributed by atoms with Crippen molar-refractivity contribution in [2.75, 3.05) is 19.0 Å². The predicted molar refractivity (Wildman–Crippen MR) is 114 cm³/mol. The molecule has 0 unspecified atom stereocenters. The number of nitrogens with one attached hydrogen (secondary N) is 1. The summed E-state index contributed by atoms with van der Waals surface area (Å²) < 4.78 is 24.9. The highest BCUT2D eigenvalue weighted by atomic mass is 19.1. The van der Waals surface area contributed by atoms with Gasteiger partial charge in [0.2, 0.25) is 0 Å². The summed E-state index contributed by atoms with van der Waals surface area (Å²) in [6, 6.07) is 11.6. The van der Waals surface area contributed by atoms with E-state index < -0.39 is 0 Å². The molecule has 0 aliphatic rings. The van der Waals surface area contributed by atoms with Crippen molar-refractivity contribution >= 4 is 23.9 Å². The Hall–Kier alpha value is -3.58. The summed E-state index contributed by atoms with van der Waals surface area (Å²) in [5.74, 6) is 0.154. The molecule has 7 heteroatoms. The molecule has 0 aliphatic heterocycles. The number of halogens is 1. The Bertz CT molecular complexity index is 1030. The van der Waals surface area contributed by atoms with Crippen LogP contribution in [0, 0.1) is 5.82 Å². The SMILES string of the molecule is COC[C@H](C)Oc1cc(/C=C/c2ccccc2F)cc(C(=O)Nc2cnccn2)c1. The molecule has 154 valence electrons. The van der Waals surface area contributed by atoms with Crippen LogP contribution in [0.15, 0.2) is 61.1 Å². The second kappa shape index (κ2) is 10.3. The van der Waals surface area contributed by atoms with Gasteiger partial charge in [-0.15, -0.1) is 0 Å². The van der Waals surface area contributed by atoms with Crippen molar-refractivity contribution in [3.05, 3.63) is 83.6 Å². The first-order valence-electron chi connectivity index (χ1n) is 9.36. The lowest BCUT2D eigenvalue weighted by Crippen LogP contribution is -2.19. The van der Waals surface area contributed by atoms with Crippen molar-refractivity contribution in [1.29, 1.82) is 0 Å². The predicted octanol–water partition coefficient (Wildman–Crippen LogP) is 4.45. The molecule has 3 aromatic rings. The first-order chi connectivity index (χ1) is 14.5. The van der Waals surface area contributed by atoms with E-state index in [1.807, 2.05) is 6.92 Å². The fourth-order valence-corrected chi connectivity index (χ4v) is 2.77. The zero-order valence-corrected chi connectivity index (χ0v) is 16.7. The molecule has 0 fully saturated rings. The van der Waals surface area contributed by atoms with Crippen LogP contribution in [0.3, 0.4) is 0 Å². The van der Waals surface area contributed by atoms with E-state index >= 15 is 0 Å². The number of nitrogens with zero attached hydrogens (tertiary/aromatic N) is 2. The third-order valence-corrected chi connectivity index (χ3v) is 4.10. The quantitative estimate of drug-likeness (QED) is 0.559. The summed E-state index contributed by atoms with van der Waals surface area (Å²) in [6.07, 6.45) is 7.63. The van der Waals surface area contributed by atoms with Gasteiger partial charge in [0.25, 0.3) is 5.91 Å². The third kappa shape index (κ3) is 5.96. The van der Waals surface area contributed by atoms with Gasteiger partial charge in [-0.1, -0.05) is 30.4 Å². The molecule has 0 saturated carbocycles. The van der Waals surface area contributed by atoms with Crippen molar-refractivity contribution in [2.24, 2.45) is 0 Å². The lowest BCUT2D eigenvalue weighted by molar-refractivity contribution is 0.0917. The first-order valence-corrected chi connectivity index (χ1v) is 9.36. The first kappa shape index (κ1) is 21.1. The number of aromatic nitrogens is 2. The van der Waals surface area contributed by atoms with Crippen LogP contribution in [-0.4, -0.2) is 35.7 Å². The largest absolute Gasteiger partial charge is 0.488 e. The maximum absolute atomic E-state index is 13.9. The molecule has 2 aromatic carbocycles. The molecule has 3 rings (SSSR count). The van der Waals surface area contributed by atoms with E-state index in [-0.39, 0.29) is 17.8 Å². The molecule has 0 saturated heterocycles. The van der Waals surface area contributed by atoms with E-state index in [0.717, 1.165) is 0 Å². The van der Waals surface area contributed by atoms with Crippen molar-refractivity contribution in [2.45, 2.75) is 13.0 Å². The summed E-state index contributed by atoms with van der Waals surface area (Å²) in [4.78, 5) is 20.7. The molecule has 0 bridgehead atoms. The molecular weight excluding hydrogens is 385 g/mol. The van der Waals surface area contributed by atoms with Gasteiger partial charge in [0, 0.05) is 30.6 Å². The topological polar surface area (TPSA) is 73.3 Å². The minimum absolute atomic E-state index is 0.211. The van der Waals surface area contributed by atoms with Crippen molar-refractivity contribution in [3.8, 4) is 5.75 Å². The van der Waals surface area contributed by atoms with Crippen molar-refractivity contribution in [1.82, 2.24) is 9.97 Å². The highest BCUT2D eigenvalue weighted by Gasteiger charge is 2.12. The second-order valence-electron chi connectivity index (χ2n) is 6.57. The van der Waals surface area contributed by atoms with Crippen LogP contribution in [0.4, 0.5) is 10.2 Å². The van der Waals surface area contributed by atoms with E-state index in [2.05, 4.69) is 15.3 Å². The Balaban J connectivity index is 1.89. The Labute approximate surface area is 174 Å². The van der Waals surface area contributed by atoms with Crippen LogP contribution in [0.5, 0.6) is 5.75 Å². The van der Waals surface area contributed by atoms with E-state index in [4.69, 9.17) is 9.47 Å². The summed E-state index contributed by atoms with van der Waals surface area (Å²) in [7, 11) is 1.59. The average Bonchev–Trinajstić information content (AvgIpc) is 2.74. The molecule has 1 heterocycles. The number of amides is 1. The normalized spacial score (nSPS) is 12.0. The van der Waals surface area contributed by atoms with Gasteiger partial charge in [-0.2, -0.15) is 0 Å². The Morgan fingerprint density at radius 3 is 2.77 bits per heavy atom. The maximum Gasteiger partial charge on any atom is 0.257 e. The average molecular weight is 407 g/mol. The van der Waals surface area contributed by atoms with Crippen LogP contribution in [0.1, 0.15) is 28.4 Å². The molecule has 30 heavy (non-hydrogen) atoms. The number of carbonyl (C=O) groups is 1. The number of benzene rings is 2. The van der Waals surface area contributed by atoms with Gasteiger partial charge in [-0.25, -0.2) is 9.37 Å². The molecule has 0 radical (unpaired) electrons. The van der Waals surface area contributed by atoms with E-state index in [9.17, 15) is 9.18 Å².